The van der Waals surface area contributed by atoms with Crippen LogP contribution >= 0.6 is 11.6 Å². The van der Waals surface area contributed by atoms with E-state index in [-0.39, 0.29) is 19.7 Å². The number of amides is 1. The van der Waals surface area contributed by atoms with Gasteiger partial charge in [0, 0.05) is 5.02 Å². The zero-order valence-corrected chi connectivity index (χ0v) is 18.0. The molecule has 6 nitrogen and oxygen atoms in total. The van der Waals surface area contributed by atoms with Gasteiger partial charge >= 0.3 is 0 Å². The van der Waals surface area contributed by atoms with Gasteiger partial charge in [0.25, 0.3) is 0 Å². The van der Waals surface area contributed by atoms with Crippen LogP contribution in [0.5, 0.6) is 5.75 Å². The minimum absolute atomic E-state index is 0.262. The largest absolute Gasteiger partial charge is 0.492 e. The van der Waals surface area contributed by atoms with Crippen LogP contribution in [0.1, 0.15) is 16.7 Å². The lowest BCUT2D eigenvalue weighted by atomic mass is 10.1. The molecule has 1 N–H and O–H groups in total. The lowest BCUT2D eigenvalue weighted by molar-refractivity contribution is -0.119. The van der Waals surface area contributed by atoms with Gasteiger partial charge in [0.05, 0.1) is 18.5 Å². The van der Waals surface area contributed by atoms with Crippen molar-refractivity contribution in [1.29, 1.82) is 0 Å². The van der Waals surface area contributed by atoms with Crippen molar-refractivity contribution in [3.63, 3.8) is 0 Å². The number of carbonyl (C=O) groups is 1. The Kier molecular flexibility index (Phi) is 7.32. The number of benzene rings is 2. The Morgan fingerprint density at radius 3 is 2.32 bits per heavy atom. The number of hydrogen-bond donors (Lipinski definition) is 1. The Balaban J connectivity index is 1.94. The lowest BCUT2D eigenvalue weighted by Gasteiger charge is -2.22. The summed E-state index contributed by atoms with van der Waals surface area (Å²) in [5.74, 6) is 0.310. The van der Waals surface area contributed by atoms with Crippen molar-refractivity contribution >= 4 is 33.2 Å². The highest BCUT2D eigenvalue weighted by Gasteiger charge is 2.21. The molecule has 0 saturated heterocycles. The number of anilines is 1. The lowest BCUT2D eigenvalue weighted by Crippen LogP contribution is -2.41. The number of sulfonamides is 1. The molecular formula is C20H25ClN2O4S. The molecule has 0 spiro atoms. The fraction of sp³-hybridized carbons (Fsp3) is 0.350. The van der Waals surface area contributed by atoms with Gasteiger partial charge in [0.1, 0.15) is 18.9 Å². The fourth-order valence-electron chi connectivity index (χ4n) is 2.70. The van der Waals surface area contributed by atoms with E-state index in [9.17, 15) is 13.2 Å². The van der Waals surface area contributed by atoms with Gasteiger partial charge in [-0.3, -0.25) is 9.10 Å². The standard InChI is InChI=1S/C20H25ClN2O4S/c1-14-9-15(2)11-18(10-14)27-8-7-22-20(24)13-23(28(4,25)26)17-6-5-16(3)19(21)12-17/h5-6,9-12H,7-8,13H2,1-4H3,(H,22,24). The SMILES string of the molecule is Cc1cc(C)cc(OCCNC(=O)CN(c2ccc(C)c(Cl)c2)S(C)(=O)=O)c1. The summed E-state index contributed by atoms with van der Waals surface area (Å²) >= 11 is 6.09. The van der Waals surface area contributed by atoms with E-state index >= 15 is 0 Å². The van der Waals surface area contributed by atoms with Crippen molar-refractivity contribution in [2.24, 2.45) is 0 Å². The maximum absolute atomic E-state index is 12.2. The molecule has 0 unspecified atom stereocenters. The number of ether oxygens (including phenoxy) is 1. The van der Waals surface area contributed by atoms with E-state index < -0.39 is 15.9 Å². The van der Waals surface area contributed by atoms with Crippen LogP contribution in [0.2, 0.25) is 5.02 Å². The molecule has 1 amide bonds. The van der Waals surface area contributed by atoms with Crippen LogP contribution in [0.4, 0.5) is 5.69 Å². The first-order valence-electron chi connectivity index (χ1n) is 8.78. The quantitative estimate of drug-likeness (QED) is 0.660. The third-order valence-corrected chi connectivity index (χ3v) is 5.57. The summed E-state index contributed by atoms with van der Waals surface area (Å²) in [6.07, 6.45) is 1.05. The molecule has 0 aromatic heterocycles. The summed E-state index contributed by atoms with van der Waals surface area (Å²) in [5.41, 5.74) is 3.37. The van der Waals surface area contributed by atoms with Crippen LogP contribution in [-0.2, 0) is 14.8 Å². The number of carbonyl (C=O) groups excluding carboxylic acids is 1. The van der Waals surface area contributed by atoms with E-state index in [1.54, 1.807) is 12.1 Å². The number of halogens is 1. The second-order valence-electron chi connectivity index (χ2n) is 6.72. The average Bonchev–Trinajstić information content (AvgIpc) is 2.57. The van der Waals surface area contributed by atoms with Crippen LogP contribution in [0, 0.1) is 20.8 Å². The van der Waals surface area contributed by atoms with Crippen LogP contribution in [-0.4, -0.2) is 40.3 Å². The number of hydrogen-bond acceptors (Lipinski definition) is 4. The van der Waals surface area contributed by atoms with Crippen molar-refractivity contribution in [2.45, 2.75) is 20.8 Å². The summed E-state index contributed by atoms with van der Waals surface area (Å²) in [5, 5.41) is 3.12. The minimum atomic E-state index is -3.64. The van der Waals surface area contributed by atoms with Crippen molar-refractivity contribution in [3.05, 3.63) is 58.1 Å². The van der Waals surface area contributed by atoms with E-state index in [2.05, 4.69) is 5.32 Å². The second-order valence-corrected chi connectivity index (χ2v) is 9.04. The zero-order valence-electron chi connectivity index (χ0n) is 16.5. The molecule has 0 fully saturated rings. The van der Waals surface area contributed by atoms with Crippen LogP contribution in [0.25, 0.3) is 0 Å². The summed E-state index contributed by atoms with van der Waals surface area (Å²) in [7, 11) is -3.64. The summed E-state index contributed by atoms with van der Waals surface area (Å²) in [6.45, 7) is 6.00. The van der Waals surface area contributed by atoms with E-state index in [0.29, 0.717) is 10.7 Å². The van der Waals surface area contributed by atoms with Crippen molar-refractivity contribution in [3.8, 4) is 5.75 Å². The molecule has 2 rings (SSSR count). The molecule has 0 saturated carbocycles. The normalized spacial score (nSPS) is 11.2. The maximum Gasteiger partial charge on any atom is 0.240 e. The number of nitrogens with zero attached hydrogens (tertiary/aromatic N) is 1. The molecule has 2 aromatic carbocycles. The highest BCUT2D eigenvalue weighted by Crippen LogP contribution is 2.24. The van der Waals surface area contributed by atoms with E-state index in [0.717, 1.165) is 33.0 Å². The molecule has 2 aromatic rings. The molecule has 0 heterocycles. The number of aryl methyl sites for hydroxylation is 3. The van der Waals surface area contributed by atoms with Gasteiger partial charge in [0.15, 0.2) is 0 Å². The monoisotopic (exact) mass is 424 g/mol. The molecule has 152 valence electrons. The predicted octanol–water partition coefficient (Wildman–Crippen LogP) is 3.23. The molecular weight excluding hydrogens is 400 g/mol. The topological polar surface area (TPSA) is 75.7 Å². The maximum atomic E-state index is 12.2. The first-order valence-corrected chi connectivity index (χ1v) is 11.0. The van der Waals surface area contributed by atoms with Gasteiger partial charge in [0.2, 0.25) is 15.9 Å². The smallest absolute Gasteiger partial charge is 0.240 e. The van der Waals surface area contributed by atoms with Crippen LogP contribution < -0.4 is 14.4 Å². The Morgan fingerprint density at radius 1 is 1.11 bits per heavy atom. The van der Waals surface area contributed by atoms with Crippen molar-refractivity contribution < 1.29 is 17.9 Å². The molecule has 0 aliphatic carbocycles. The minimum Gasteiger partial charge on any atom is -0.492 e. The van der Waals surface area contributed by atoms with E-state index in [4.69, 9.17) is 16.3 Å². The molecule has 0 radical (unpaired) electrons. The first-order chi connectivity index (χ1) is 13.1. The van der Waals surface area contributed by atoms with Gasteiger partial charge in [-0.15, -0.1) is 0 Å². The van der Waals surface area contributed by atoms with Crippen molar-refractivity contribution in [1.82, 2.24) is 5.32 Å². The van der Waals surface area contributed by atoms with Crippen LogP contribution in [0.3, 0.4) is 0 Å². The van der Waals surface area contributed by atoms with Gasteiger partial charge in [-0.25, -0.2) is 8.42 Å². The summed E-state index contributed by atoms with van der Waals surface area (Å²) < 4.78 is 30.9. The predicted molar refractivity (Wildman–Crippen MR) is 113 cm³/mol. The summed E-state index contributed by atoms with van der Waals surface area (Å²) in [6, 6.07) is 10.8. The fourth-order valence-corrected chi connectivity index (χ4v) is 3.72. The van der Waals surface area contributed by atoms with E-state index in [1.807, 2.05) is 39.0 Å². The summed E-state index contributed by atoms with van der Waals surface area (Å²) in [4.78, 5) is 12.2. The zero-order chi connectivity index (χ0) is 20.9. The van der Waals surface area contributed by atoms with Crippen LogP contribution in [0.15, 0.2) is 36.4 Å². The van der Waals surface area contributed by atoms with Crippen molar-refractivity contribution in [2.75, 3.05) is 30.3 Å². The van der Waals surface area contributed by atoms with Gasteiger partial charge in [-0.2, -0.15) is 0 Å². The molecule has 8 heteroatoms. The van der Waals surface area contributed by atoms with Gasteiger partial charge < -0.3 is 10.1 Å². The molecule has 0 aliphatic rings. The third-order valence-electron chi connectivity index (χ3n) is 4.02. The molecule has 0 aliphatic heterocycles. The highest BCUT2D eigenvalue weighted by molar-refractivity contribution is 7.92. The first kappa shape index (κ1) is 22.0. The Morgan fingerprint density at radius 2 is 1.75 bits per heavy atom. The Labute approximate surface area is 171 Å². The number of nitrogens with one attached hydrogen (secondary N) is 1. The Hall–Kier alpha value is -2.25. The van der Waals surface area contributed by atoms with Gasteiger partial charge in [-0.1, -0.05) is 23.7 Å². The third kappa shape index (κ3) is 6.42. The highest BCUT2D eigenvalue weighted by atomic mass is 35.5. The molecule has 28 heavy (non-hydrogen) atoms. The molecule has 0 atom stereocenters. The van der Waals surface area contributed by atoms with Gasteiger partial charge in [-0.05, 0) is 61.7 Å². The number of rotatable bonds is 8. The Bertz CT molecular complexity index is 940. The average molecular weight is 425 g/mol. The second kappa shape index (κ2) is 9.30. The van der Waals surface area contributed by atoms with E-state index in [1.165, 1.54) is 6.07 Å². The molecule has 0 bridgehead atoms.